The van der Waals surface area contributed by atoms with Gasteiger partial charge < -0.3 is 25.8 Å². The number of likely N-dealkylation sites (N-methyl/N-ethyl adjacent to an activating group) is 1. The number of rotatable bonds is 7. The summed E-state index contributed by atoms with van der Waals surface area (Å²) in [5.74, 6) is 2.31. The highest BCUT2D eigenvalue weighted by molar-refractivity contribution is 7.17. The fraction of sp³-hybridized carbons (Fsp3) is 0.440. The number of fused-ring (bicyclic) bond motifs is 1. The third-order valence-corrected chi connectivity index (χ3v) is 7.65. The molecule has 184 valence electrons. The van der Waals surface area contributed by atoms with Crippen LogP contribution in [0.3, 0.4) is 0 Å². The highest BCUT2D eigenvalue weighted by Crippen LogP contribution is 2.31. The fourth-order valence-electron chi connectivity index (χ4n) is 4.66. The zero-order chi connectivity index (χ0) is 24.2. The van der Waals surface area contributed by atoms with Crippen LogP contribution in [0.5, 0.6) is 0 Å². The summed E-state index contributed by atoms with van der Waals surface area (Å²) in [5, 5.41) is 12.0. The Bertz CT molecular complexity index is 1160. The molecule has 10 heteroatoms. The van der Waals surface area contributed by atoms with Gasteiger partial charge >= 0.3 is 0 Å². The predicted molar refractivity (Wildman–Crippen MR) is 143 cm³/mol. The molecule has 3 aromatic heterocycles. The summed E-state index contributed by atoms with van der Waals surface area (Å²) in [7, 11) is 2.15. The molecule has 3 aromatic rings. The Morgan fingerprint density at radius 2 is 1.86 bits per heavy atom. The van der Waals surface area contributed by atoms with Crippen LogP contribution >= 0.6 is 11.3 Å². The first-order chi connectivity index (χ1) is 17.1. The van der Waals surface area contributed by atoms with Gasteiger partial charge in [0.25, 0.3) is 0 Å². The minimum Gasteiger partial charge on any atom is -0.366 e. The second-order valence-electron chi connectivity index (χ2n) is 9.26. The number of pyridine rings is 1. The highest BCUT2D eigenvalue weighted by atomic mass is 32.1. The number of aromatic nitrogens is 3. The van der Waals surface area contributed by atoms with Gasteiger partial charge in [0, 0.05) is 38.3 Å². The molecule has 4 heterocycles. The molecule has 3 N–H and O–H groups in total. The van der Waals surface area contributed by atoms with E-state index >= 15 is 0 Å². The van der Waals surface area contributed by atoms with Crippen LogP contribution in [-0.4, -0.2) is 71.1 Å². The molecular weight excluding hydrogens is 460 g/mol. The van der Waals surface area contributed by atoms with E-state index in [4.69, 9.17) is 9.97 Å². The Kier molecular flexibility index (Phi) is 7.10. The molecule has 0 bridgehead atoms. The minimum atomic E-state index is -0.0979. The van der Waals surface area contributed by atoms with Crippen LogP contribution in [0.1, 0.15) is 25.7 Å². The van der Waals surface area contributed by atoms with Crippen LogP contribution in [0.2, 0.25) is 0 Å². The van der Waals surface area contributed by atoms with Crippen LogP contribution < -0.4 is 20.9 Å². The number of amides is 1. The number of hydrogen-bond acceptors (Lipinski definition) is 9. The second-order valence-corrected chi connectivity index (χ2v) is 10.2. The lowest BCUT2D eigenvalue weighted by Gasteiger charge is -2.33. The monoisotopic (exact) mass is 492 g/mol. The quantitative estimate of drug-likeness (QED) is 0.431. The number of piperazine rings is 1. The third-order valence-electron chi connectivity index (χ3n) is 6.73. The molecule has 2 aliphatic rings. The molecule has 35 heavy (non-hydrogen) atoms. The van der Waals surface area contributed by atoms with Gasteiger partial charge in [0.1, 0.15) is 11.6 Å². The van der Waals surface area contributed by atoms with Gasteiger partial charge in [-0.3, -0.25) is 4.79 Å². The Morgan fingerprint density at radius 1 is 1.09 bits per heavy atom. The molecule has 1 amide bonds. The lowest BCUT2D eigenvalue weighted by molar-refractivity contribution is -0.117. The number of carbonyl (C=O) groups is 1. The number of nitrogens with zero attached hydrogens (tertiary/aromatic N) is 5. The maximum atomic E-state index is 11.6. The molecule has 0 atom stereocenters. The summed E-state index contributed by atoms with van der Waals surface area (Å²) >= 11 is 1.64. The Balaban J connectivity index is 1.25. The lowest BCUT2D eigenvalue weighted by Crippen LogP contribution is -2.44. The van der Waals surface area contributed by atoms with E-state index in [1.807, 2.05) is 23.7 Å². The molecule has 0 radical (unpaired) electrons. The number of hydrogen-bond donors (Lipinski definition) is 3. The van der Waals surface area contributed by atoms with Crippen molar-refractivity contribution in [2.75, 3.05) is 48.8 Å². The van der Waals surface area contributed by atoms with Crippen molar-refractivity contribution in [2.45, 2.75) is 37.8 Å². The van der Waals surface area contributed by atoms with E-state index in [1.165, 1.54) is 6.08 Å². The largest absolute Gasteiger partial charge is 0.366 e. The highest BCUT2D eigenvalue weighted by Gasteiger charge is 2.23. The first-order valence-corrected chi connectivity index (χ1v) is 13.1. The van der Waals surface area contributed by atoms with E-state index < -0.39 is 0 Å². The number of nitrogens with one attached hydrogen (secondary N) is 3. The third kappa shape index (κ3) is 5.71. The van der Waals surface area contributed by atoms with Crippen molar-refractivity contribution < 1.29 is 4.79 Å². The molecule has 5 rings (SSSR count). The van der Waals surface area contributed by atoms with Crippen molar-refractivity contribution in [3.63, 3.8) is 0 Å². The normalized spacial score (nSPS) is 21.0. The molecular formula is C25H32N8OS. The van der Waals surface area contributed by atoms with Crippen LogP contribution in [0.4, 0.5) is 23.3 Å². The Morgan fingerprint density at radius 3 is 2.57 bits per heavy atom. The van der Waals surface area contributed by atoms with E-state index in [1.54, 1.807) is 11.3 Å². The van der Waals surface area contributed by atoms with Gasteiger partial charge in [0.15, 0.2) is 0 Å². The van der Waals surface area contributed by atoms with Crippen molar-refractivity contribution in [3.8, 4) is 0 Å². The van der Waals surface area contributed by atoms with Crippen molar-refractivity contribution in [3.05, 3.63) is 42.4 Å². The SMILES string of the molecule is C=CC(=O)N[C@H]1CC[C@@H](Nc2nc(Nc3ccc(N4CCN(C)CC4)nc3)nc3ccsc23)CC1. The van der Waals surface area contributed by atoms with E-state index in [2.05, 4.69) is 50.4 Å². The Hall–Kier alpha value is -3.24. The Labute approximate surface area is 209 Å². The molecule has 1 saturated carbocycles. The van der Waals surface area contributed by atoms with Crippen LogP contribution in [0.15, 0.2) is 42.4 Å². The van der Waals surface area contributed by atoms with Crippen molar-refractivity contribution >= 4 is 50.7 Å². The van der Waals surface area contributed by atoms with Crippen LogP contribution in [0.25, 0.3) is 10.2 Å². The fourth-order valence-corrected chi connectivity index (χ4v) is 5.45. The van der Waals surface area contributed by atoms with E-state index in [-0.39, 0.29) is 11.9 Å². The molecule has 9 nitrogen and oxygen atoms in total. The van der Waals surface area contributed by atoms with Crippen LogP contribution in [0, 0.1) is 0 Å². The summed E-state index contributed by atoms with van der Waals surface area (Å²) in [5.41, 5.74) is 1.78. The number of carbonyl (C=O) groups excluding carboxylic acids is 1. The van der Waals surface area contributed by atoms with Crippen LogP contribution in [-0.2, 0) is 4.79 Å². The van der Waals surface area contributed by atoms with E-state index in [0.29, 0.717) is 12.0 Å². The van der Waals surface area contributed by atoms with Gasteiger partial charge in [-0.15, -0.1) is 11.3 Å². The second kappa shape index (κ2) is 10.6. The lowest BCUT2D eigenvalue weighted by atomic mass is 9.91. The van der Waals surface area contributed by atoms with Gasteiger partial charge in [-0.2, -0.15) is 4.98 Å². The molecule has 2 fully saturated rings. The van der Waals surface area contributed by atoms with Crippen molar-refractivity contribution in [1.82, 2.24) is 25.2 Å². The summed E-state index contributed by atoms with van der Waals surface area (Å²) < 4.78 is 1.06. The maximum Gasteiger partial charge on any atom is 0.243 e. The van der Waals surface area contributed by atoms with E-state index in [9.17, 15) is 4.79 Å². The van der Waals surface area contributed by atoms with Gasteiger partial charge in [0.05, 0.1) is 22.1 Å². The number of thiophene rings is 1. The molecule has 0 aromatic carbocycles. The average Bonchev–Trinajstić information content (AvgIpc) is 3.35. The summed E-state index contributed by atoms with van der Waals surface area (Å²) in [6.45, 7) is 7.63. The first kappa shape index (κ1) is 23.5. The van der Waals surface area contributed by atoms with Gasteiger partial charge in [-0.25, -0.2) is 9.97 Å². The standard InChI is InChI=1S/C25H32N8OS/c1-3-22(34)27-17-4-6-18(7-5-17)28-24-23-20(10-15-35-23)30-25(31-24)29-19-8-9-21(26-16-19)33-13-11-32(2)12-14-33/h3,8-10,15-18H,1,4-7,11-14H2,2H3,(H,27,34)(H2,28,29,30,31)/t17-,18+. The molecule has 1 aliphatic heterocycles. The summed E-state index contributed by atoms with van der Waals surface area (Å²) in [6.07, 6.45) is 7.00. The van der Waals surface area contributed by atoms with E-state index in [0.717, 1.165) is 79.4 Å². The van der Waals surface area contributed by atoms with Gasteiger partial charge in [0.2, 0.25) is 11.9 Å². The topological polar surface area (TPSA) is 98.3 Å². The minimum absolute atomic E-state index is 0.0979. The first-order valence-electron chi connectivity index (χ1n) is 12.2. The summed E-state index contributed by atoms with van der Waals surface area (Å²) in [6, 6.07) is 6.63. The molecule has 1 saturated heterocycles. The smallest absolute Gasteiger partial charge is 0.243 e. The molecule has 0 spiro atoms. The zero-order valence-corrected chi connectivity index (χ0v) is 20.9. The number of anilines is 4. The summed E-state index contributed by atoms with van der Waals surface area (Å²) in [4.78, 5) is 30.4. The maximum absolute atomic E-state index is 11.6. The van der Waals surface area contributed by atoms with Crippen molar-refractivity contribution in [2.24, 2.45) is 0 Å². The average molecular weight is 493 g/mol. The van der Waals surface area contributed by atoms with Crippen molar-refractivity contribution in [1.29, 1.82) is 0 Å². The zero-order valence-electron chi connectivity index (χ0n) is 20.0. The van der Waals surface area contributed by atoms with Gasteiger partial charge in [-0.1, -0.05) is 6.58 Å². The molecule has 1 aliphatic carbocycles. The molecule has 0 unspecified atom stereocenters. The van der Waals surface area contributed by atoms with Gasteiger partial charge in [-0.05, 0) is 62.4 Å². The predicted octanol–water partition coefficient (Wildman–Crippen LogP) is 3.61.